The number of nitrogens with one attached hydrogen (secondary N) is 1. The van der Waals surface area contributed by atoms with Crippen LogP contribution in [0.25, 0.3) is 10.9 Å². The molecule has 2 fully saturated rings. The predicted molar refractivity (Wildman–Crippen MR) is 135 cm³/mol. The summed E-state index contributed by atoms with van der Waals surface area (Å²) in [5.41, 5.74) is 3.70. The van der Waals surface area contributed by atoms with Gasteiger partial charge < -0.3 is 20.2 Å². The SMILES string of the molecule is Cc1ccc(Cl)cc1N1CCN(c2cc(C(=O)O)c3cc(NC(=O)C4CCC4)ccc3n2)CC1. The second-order valence-electron chi connectivity index (χ2n) is 9.09. The number of aromatic nitrogens is 1. The van der Waals surface area contributed by atoms with Crippen LogP contribution in [0.15, 0.2) is 42.5 Å². The van der Waals surface area contributed by atoms with Crippen LogP contribution in [0.4, 0.5) is 17.2 Å². The van der Waals surface area contributed by atoms with Gasteiger partial charge in [-0.15, -0.1) is 0 Å². The van der Waals surface area contributed by atoms with Gasteiger partial charge in [0.25, 0.3) is 0 Å². The number of fused-ring (bicyclic) bond motifs is 1. The number of carboxylic acids is 1. The molecule has 0 atom stereocenters. The van der Waals surface area contributed by atoms with E-state index in [1.807, 2.05) is 18.2 Å². The largest absolute Gasteiger partial charge is 0.478 e. The number of hydrogen-bond donors (Lipinski definition) is 2. The Kier molecular flexibility index (Phi) is 6.04. The van der Waals surface area contributed by atoms with Crippen molar-refractivity contribution in [3.05, 3.63) is 58.6 Å². The first kappa shape index (κ1) is 22.5. The van der Waals surface area contributed by atoms with Gasteiger partial charge in [0.2, 0.25) is 5.91 Å². The number of aromatic carboxylic acids is 1. The molecule has 8 heteroatoms. The first-order valence-corrected chi connectivity index (χ1v) is 12.0. The van der Waals surface area contributed by atoms with E-state index in [0.29, 0.717) is 27.4 Å². The number of hydrogen-bond acceptors (Lipinski definition) is 5. The lowest BCUT2D eigenvalue weighted by Gasteiger charge is -2.37. The zero-order valence-corrected chi connectivity index (χ0v) is 19.8. The molecule has 176 valence electrons. The number of anilines is 3. The van der Waals surface area contributed by atoms with Gasteiger partial charge in [-0.25, -0.2) is 9.78 Å². The van der Waals surface area contributed by atoms with Crippen molar-refractivity contribution in [3.63, 3.8) is 0 Å². The monoisotopic (exact) mass is 478 g/mol. The van der Waals surface area contributed by atoms with Crippen molar-refractivity contribution in [2.45, 2.75) is 26.2 Å². The molecule has 2 aliphatic rings. The molecular weight excluding hydrogens is 452 g/mol. The Hall–Kier alpha value is -3.32. The third kappa shape index (κ3) is 4.40. The van der Waals surface area contributed by atoms with Gasteiger partial charge >= 0.3 is 5.97 Å². The number of pyridine rings is 1. The maximum Gasteiger partial charge on any atom is 0.336 e. The van der Waals surface area contributed by atoms with E-state index in [2.05, 4.69) is 22.0 Å². The van der Waals surface area contributed by atoms with Crippen LogP contribution < -0.4 is 15.1 Å². The van der Waals surface area contributed by atoms with Gasteiger partial charge in [-0.3, -0.25) is 4.79 Å². The van der Waals surface area contributed by atoms with Gasteiger partial charge in [0.15, 0.2) is 0 Å². The van der Waals surface area contributed by atoms with E-state index in [1.165, 1.54) is 5.56 Å². The molecule has 0 unspecified atom stereocenters. The van der Waals surface area contributed by atoms with Crippen LogP contribution in [0.2, 0.25) is 5.02 Å². The van der Waals surface area contributed by atoms with Crippen LogP contribution in [-0.2, 0) is 4.79 Å². The first-order valence-electron chi connectivity index (χ1n) is 11.6. The number of amides is 1. The van der Waals surface area contributed by atoms with Crippen LogP contribution in [0.1, 0.15) is 35.2 Å². The van der Waals surface area contributed by atoms with Crippen molar-refractivity contribution in [1.29, 1.82) is 0 Å². The lowest BCUT2D eigenvalue weighted by Crippen LogP contribution is -2.47. The number of carbonyl (C=O) groups is 2. The number of halogens is 1. The molecule has 0 bridgehead atoms. The van der Waals surface area contributed by atoms with E-state index in [4.69, 9.17) is 16.6 Å². The Labute approximate surface area is 203 Å². The Morgan fingerprint density at radius 2 is 1.76 bits per heavy atom. The minimum Gasteiger partial charge on any atom is -0.478 e. The highest BCUT2D eigenvalue weighted by Crippen LogP contribution is 2.31. The lowest BCUT2D eigenvalue weighted by molar-refractivity contribution is -0.122. The highest BCUT2D eigenvalue weighted by Gasteiger charge is 2.26. The van der Waals surface area contributed by atoms with Gasteiger partial charge in [-0.2, -0.15) is 0 Å². The number of carbonyl (C=O) groups excluding carboxylic acids is 1. The normalized spacial score (nSPS) is 16.4. The second-order valence-corrected chi connectivity index (χ2v) is 9.52. The zero-order valence-electron chi connectivity index (χ0n) is 19.1. The average Bonchev–Trinajstić information content (AvgIpc) is 2.79. The summed E-state index contributed by atoms with van der Waals surface area (Å²) in [6.45, 7) is 5.09. The summed E-state index contributed by atoms with van der Waals surface area (Å²) in [7, 11) is 0. The van der Waals surface area contributed by atoms with Gasteiger partial charge in [0.1, 0.15) is 5.82 Å². The van der Waals surface area contributed by atoms with E-state index in [9.17, 15) is 14.7 Å². The summed E-state index contributed by atoms with van der Waals surface area (Å²) in [6, 6.07) is 12.8. The lowest BCUT2D eigenvalue weighted by atomic mass is 9.85. The van der Waals surface area contributed by atoms with E-state index < -0.39 is 5.97 Å². The van der Waals surface area contributed by atoms with E-state index in [0.717, 1.165) is 51.1 Å². The number of aryl methyl sites for hydroxylation is 1. The summed E-state index contributed by atoms with van der Waals surface area (Å²) >= 11 is 6.20. The minimum absolute atomic E-state index is 0.000124. The number of carboxylic acid groups (broad SMARTS) is 1. The molecular formula is C26H27ClN4O3. The summed E-state index contributed by atoms with van der Waals surface area (Å²) < 4.78 is 0. The van der Waals surface area contributed by atoms with Gasteiger partial charge in [0, 0.05) is 53.9 Å². The topological polar surface area (TPSA) is 85.8 Å². The van der Waals surface area contributed by atoms with Crippen LogP contribution in [0, 0.1) is 12.8 Å². The molecule has 2 heterocycles. The highest BCUT2D eigenvalue weighted by atomic mass is 35.5. The third-order valence-electron chi connectivity index (χ3n) is 6.88. The molecule has 34 heavy (non-hydrogen) atoms. The maximum atomic E-state index is 12.3. The fourth-order valence-electron chi connectivity index (χ4n) is 4.64. The molecule has 1 aromatic heterocycles. The molecule has 5 rings (SSSR count). The third-order valence-corrected chi connectivity index (χ3v) is 7.12. The van der Waals surface area contributed by atoms with Crippen molar-refractivity contribution < 1.29 is 14.7 Å². The molecule has 0 spiro atoms. The van der Waals surface area contributed by atoms with Gasteiger partial charge in [-0.05, 0) is 61.7 Å². The number of benzene rings is 2. The number of piperazine rings is 1. The van der Waals surface area contributed by atoms with E-state index in [1.54, 1.807) is 24.3 Å². The highest BCUT2D eigenvalue weighted by molar-refractivity contribution is 6.30. The summed E-state index contributed by atoms with van der Waals surface area (Å²) in [5.74, 6) is -0.299. The molecule has 0 radical (unpaired) electrons. The molecule has 1 aliphatic carbocycles. The van der Waals surface area contributed by atoms with Crippen molar-refractivity contribution in [2.75, 3.05) is 41.3 Å². The second kappa shape index (κ2) is 9.14. The first-order chi connectivity index (χ1) is 16.4. The van der Waals surface area contributed by atoms with Gasteiger partial charge in [-0.1, -0.05) is 24.1 Å². The molecule has 1 aliphatic heterocycles. The Balaban J connectivity index is 1.37. The molecule has 3 aromatic rings. The van der Waals surface area contributed by atoms with E-state index >= 15 is 0 Å². The molecule has 1 amide bonds. The maximum absolute atomic E-state index is 12.3. The van der Waals surface area contributed by atoms with Crippen molar-refractivity contribution in [2.24, 2.45) is 5.92 Å². The molecule has 7 nitrogen and oxygen atoms in total. The Bertz CT molecular complexity index is 1270. The molecule has 2 N–H and O–H groups in total. The van der Waals surface area contributed by atoms with Crippen LogP contribution in [-0.4, -0.2) is 48.1 Å². The molecule has 1 saturated heterocycles. The Morgan fingerprint density at radius 3 is 2.44 bits per heavy atom. The van der Waals surface area contributed by atoms with Crippen LogP contribution >= 0.6 is 11.6 Å². The smallest absolute Gasteiger partial charge is 0.336 e. The predicted octanol–water partition coefficient (Wildman–Crippen LogP) is 4.96. The number of rotatable bonds is 5. The zero-order chi connectivity index (χ0) is 23.8. The van der Waals surface area contributed by atoms with Crippen LogP contribution in [0.3, 0.4) is 0 Å². The standard InChI is InChI=1S/C26H27ClN4O3/c1-16-5-6-18(27)13-23(16)30-9-11-31(12-10-30)24-15-21(26(33)34)20-14-19(7-8-22(20)29-24)28-25(32)17-3-2-4-17/h5-8,13-15,17H,2-4,9-12H2,1H3,(H,28,32)(H,33,34). The van der Waals surface area contributed by atoms with E-state index in [-0.39, 0.29) is 17.4 Å². The van der Waals surface area contributed by atoms with Crippen molar-refractivity contribution >= 4 is 51.6 Å². The summed E-state index contributed by atoms with van der Waals surface area (Å²) in [4.78, 5) is 33.6. The Morgan fingerprint density at radius 1 is 1.03 bits per heavy atom. The fourth-order valence-corrected chi connectivity index (χ4v) is 4.81. The molecule has 2 aromatic carbocycles. The summed E-state index contributed by atoms with van der Waals surface area (Å²) in [6.07, 6.45) is 2.91. The quantitative estimate of drug-likeness (QED) is 0.539. The van der Waals surface area contributed by atoms with Crippen molar-refractivity contribution in [3.8, 4) is 0 Å². The van der Waals surface area contributed by atoms with Crippen LogP contribution in [0.5, 0.6) is 0 Å². The fraction of sp³-hybridized carbons (Fsp3) is 0.346. The van der Waals surface area contributed by atoms with Crippen molar-refractivity contribution in [1.82, 2.24) is 4.98 Å². The van der Waals surface area contributed by atoms with Gasteiger partial charge in [0.05, 0.1) is 11.1 Å². The molecule has 1 saturated carbocycles. The number of nitrogens with zero attached hydrogens (tertiary/aromatic N) is 3. The summed E-state index contributed by atoms with van der Waals surface area (Å²) in [5, 5.41) is 14.1. The minimum atomic E-state index is -1.01. The average molecular weight is 479 g/mol.